The molecular weight excluding hydrogens is 215 g/mol. The van der Waals surface area contributed by atoms with E-state index in [1.54, 1.807) is 0 Å². The third kappa shape index (κ3) is 121. The van der Waals surface area contributed by atoms with Crippen molar-refractivity contribution in [1.29, 1.82) is 0 Å². The van der Waals surface area contributed by atoms with Crippen molar-refractivity contribution in [3.05, 3.63) is 0 Å². The van der Waals surface area contributed by atoms with E-state index in [0.29, 0.717) is 39.3 Å². The first-order valence-corrected chi connectivity index (χ1v) is 3.95. The Hall–Kier alpha value is 0.266. The van der Waals surface area contributed by atoms with Crippen molar-refractivity contribution in [2.24, 2.45) is 34.4 Å². The molecule has 85 valence electrons. The van der Waals surface area contributed by atoms with E-state index in [4.69, 9.17) is 34.4 Å². The molecule has 0 heterocycles. The fourth-order valence-corrected chi connectivity index (χ4v) is 0. The summed E-state index contributed by atoms with van der Waals surface area (Å²) in [6.45, 7) is 3.58. The Morgan fingerprint density at radius 2 is 0.462 bits per heavy atom. The summed E-state index contributed by atoms with van der Waals surface area (Å²) in [5, 5.41) is 0. The van der Waals surface area contributed by atoms with E-state index in [-0.39, 0.29) is 16.8 Å². The molecule has 0 aromatic heterocycles. The summed E-state index contributed by atoms with van der Waals surface area (Å²) in [7, 11) is 0. The molecular formula is C6H24CoN6+2. The zero-order chi connectivity index (χ0) is 10.2. The van der Waals surface area contributed by atoms with E-state index in [2.05, 4.69) is 0 Å². The maximum atomic E-state index is 4.90. The van der Waals surface area contributed by atoms with Crippen LogP contribution in [0.25, 0.3) is 0 Å². The van der Waals surface area contributed by atoms with Gasteiger partial charge in [-0.3, -0.25) is 0 Å². The Labute approximate surface area is 90.9 Å². The molecule has 0 amide bonds. The molecule has 0 aromatic carbocycles. The summed E-state index contributed by atoms with van der Waals surface area (Å²) >= 11 is 0. The quantitative estimate of drug-likeness (QED) is 0.303. The van der Waals surface area contributed by atoms with Crippen LogP contribution in [0.4, 0.5) is 0 Å². The minimum atomic E-state index is 0. The van der Waals surface area contributed by atoms with Crippen molar-refractivity contribution in [3.63, 3.8) is 0 Å². The second-order valence-corrected chi connectivity index (χ2v) is 1.73. The molecule has 0 fully saturated rings. The molecule has 0 unspecified atom stereocenters. The first kappa shape index (κ1) is 23.2. The summed E-state index contributed by atoms with van der Waals surface area (Å²) in [6, 6.07) is 0. The van der Waals surface area contributed by atoms with Gasteiger partial charge in [-0.2, -0.15) is 0 Å². The first-order valence-electron chi connectivity index (χ1n) is 3.95. The molecule has 6 nitrogen and oxygen atoms in total. The third-order valence-corrected chi connectivity index (χ3v) is 0.500. The molecule has 13 heavy (non-hydrogen) atoms. The average molecular weight is 239 g/mol. The largest absolute Gasteiger partial charge is 2.00 e. The van der Waals surface area contributed by atoms with Gasteiger partial charge in [0.1, 0.15) is 0 Å². The standard InChI is InChI=1S/3C2H8N2.Co/c3*3-1-2-4;/h3*1-4H2;/q;;;+2. The second kappa shape index (κ2) is 39.7. The van der Waals surface area contributed by atoms with Gasteiger partial charge in [-0.1, -0.05) is 0 Å². The van der Waals surface area contributed by atoms with Gasteiger partial charge in [-0.15, -0.1) is 0 Å². The molecule has 1 radical (unpaired) electrons. The van der Waals surface area contributed by atoms with E-state index in [1.807, 2.05) is 0 Å². The number of nitrogens with two attached hydrogens (primary N) is 6. The number of rotatable bonds is 3. The zero-order valence-corrected chi connectivity index (χ0v) is 9.08. The Kier molecular flexibility index (Phi) is 70.9. The summed E-state index contributed by atoms with van der Waals surface area (Å²) in [5.74, 6) is 0. The van der Waals surface area contributed by atoms with Gasteiger partial charge >= 0.3 is 16.8 Å². The smallest absolute Gasteiger partial charge is 0.329 e. The van der Waals surface area contributed by atoms with E-state index >= 15 is 0 Å². The van der Waals surface area contributed by atoms with Gasteiger partial charge in [-0.05, 0) is 0 Å². The predicted molar refractivity (Wildman–Crippen MR) is 54.3 cm³/mol. The molecule has 0 rings (SSSR count). The van der Waals surface area contributed by atoms with Crippen molar-refractivity contribution in [3.8, 4) is 0 Å². The second-order valence-electron chi connectivity index (χ2n) is 1.73. The van der Waals surface area contributed by atoms with Crippen molar-refractivity contribution in [2.75, 3.05) is 39.3 Å². The minimum Gasteiger partial charge on any atom is -0.329 e. The van der Waals surface area contributed by atoms with Crippen LogP contribution in [-0.4, -0.2) is 39.3 Å². The fourth-order valence-electron chi connectivity index (χ4n) is 0. The van der Waals surface area contributed by atoms with Gasteiger partial charge in [0.15, 0.2) is 0 Å². The van der Waals surface area contributed by atoms with Gasteiger partial charge in [-0.25, -0.2) is 0 Å². The number of hydrogen-bond acceptors (Lipinski definition) is 6. The molecule has 0 aliphatic carbocycles. The molecule has 12 N–H and O–H groups in total. The first-order chi connectivity index (χ1) is 5.74. The molecule has 0 aromatic rings. The maximum absolute atomic E-state index is 4.90. The van der Waals surface area contributed by atoms with Gasteiger partial charge in [0, 0.05) is 39.3 Å². The van der Waals surface area contributed by atoms with E-state index in [1.165, 1.54) is 0 Å². The molecule has 0 aliphatic rings. The van der Waals surface area contributed by atoms with Crippen LogP contribution in [0.15, 0.2) is 0 Å². The van der Waals surface area contributed by atoms with E-state index < -0.39 is 0 Å². The van der Waals surface area contributed by atoms with Gasteiger partial charge < -0.3 is 34.4 Å². The van der Waals surface area contributed by atoms with Gasteiger partial charge in [0.25, 0.3) is 0 Å². The average Bonchev–Trinajstić information content (AvgIpc) is 2.18. The Morgan fingerprint density at radius 1 is 0.385 bits per heavy atom. The molecule has 0 saturated carbocycles. The van der Waals surface area contributed by atoms with Gasteiger partial charge in [0.05, 0.1) is 0 Å². The van der Waals surface area contributed by atoms with Crippen LogP contribution >= 0.6 is 0 Å². The molecule has 0 saturated heterocycles. The summed E-state index contributed by atoms with van der Waals surface area (Å²) < 4.78 is 0. The summed E-state index contributed by atoms with van der Waals surface area (Å²) in [6.07, 6.45) is 0. The predicted octanol–water partition coefficient (Wildman–Crippen LogP) is -3.29. The maximum Gasteiger partial charge on any atom is 2.00 e. The van der Waals surface area contributed by atoms with Crippen molar-refractivity contribution >= 4 is 0 Å². The summed E-state index contributed by atoms with van der Waals surface area (Å²) in [4.78, 5) is 0. The number of hydrogen-bond donors (Lipinski definition) is 6. The van der Waals surface area contributed by atoms with Crippen LogP contribution in [0.5, 0.6) is 0 Å². The zero-order valence-electron chi connectivity index (χ0n) is 8.04. The Balaban J connectivity index is -0.0000000450. The summed E-state index contributed by atoms with van der Waals surface area (Å²) in [5.41, 5.74) is 29.4. The van der Waals surface area contributed by atoms with Crippen LogP contribution < -0.4 is 34.4 Å². The molecule has 0 bridgehead atoms. The topological polar surface area (TPSA) is 156 Å². The molecule has 0 aliphatic heterocycles. The minimum absolute atomic E-state index is 0. The van der Waals surface area contributed by atoms with E-state index in [0.717, 1.165) is 0 Å². The Bertz CT molecular complexity index is 32.6. The van der Waals surface area contributed by atoms with Crippen LogP contribution in [0.3, 0.4) is 0 Å². The van der Waals surface area contributed by atoms with Crippen LogP contribution in [0.2, 0.25) is 0 Å². The molecule has 0 atom stereocenters. The monoisotopic (exact) mass is 239 g/mol. The van der Waals surface area contributed by atoms with Gasteiger partial charge in [0.2, 0.25) is 0 Å². The third-order valence-electron chi connectivity index (χ3n) is 0.500. The van der Waals surface area contributed by atoms with Crippen molar-refractivity contribution in [1.82, 2.24) is 0 Å². The van der Waals surface area contributed by atoms with Crippen molar-refractivity contribution < 1.29 is 16.8 Å². The molecule has 0 spiro atoms. The van der Waals surface area contributed by atoms with Crippen LogP contribution in [0.1, 0.15) is 0 Å². The normalized spacial score (nSPS) is 6.92. The molecule has 7 heteroatoms. The SMILES string of the molecule is NCCN.NCCN.NCCN.[Co+2]. The fraction of sp³-hybridized carbons (Fsp3) is 1.00. The van der Waals surface area contributed by atoms with Crippen LogP contribution in [0, 0.1) is 0 Å². The van der Waals surface area contributed by atoms with Crippen LogP contribution in [-0.2, 0) is 16.8 Å². The Morgan fingerprint density at radius 3 is 0.462 bits per heavy atom. The van der Waals surface area contributed by atoms with E-state index in [9.17, 15) is 0 Å². The van der Waals surface area contributed by atoms with Crippen molar-refractivity contribution in [2.45, 2.75) is 0 Å².